The zero-order valence-electron chi connectivity index (χ0n) is 15.0. The molecule has 1 atom stereocenters. The van der Waals surface area contributed by atoms with E-state index in [9.17, 15) is 4.79 Å². The van der Waals surface area contributed by atoms with Crippen molar-refractivity contribution in [2.75, 3.05) is 18.4 Å². The summed E-state index contributed by atoms with van der Waals surface area (Å²) in [5.41, 5.74) is 1.92. The van der Waals surface area contributed by atoms with Crippen LogP contribution in [-0.4, -0.2) is 29.2 Å². The molecule has 0 aliphatic rings. The standard InChI is InChI=1S/C19H22N4O3/c1-3-9-23(12-17(24)20-15-7-4-6-14(2)11-15)13-18-21-22-19(26-18)16-8-5-10-25-16/h4-8,10-11H,3,9,12-13H2,1-2H3,(H,20,24)/p+1. The van der Waals surface area contributed by atoms with E-state index in [4.69, 9.17) is 8.83 Å². The molecule has 0 fully saturated rings. The van der Waals surface area contributed by atoms with Crippen LogP contribution in [0.2, 0.25) is 0 Å². The van der Waals surface area contributed by atoms with Gasteiger partial charge in [-0.1, -0.05) is 19.1 Å². The number of nitrogens with one attached hydrogen (secondary N) is 2. The SMILES string of the molecule is CCC[NH+](CC(=O)Nc1cccc(C)c1)Cc1nnc(-c2ccco2)o1. The molecule has 2 aromatic heterocycles. The first-order chi connectivity index (χ1) is 12.6. The highest BCUT2D eigenvalue weighted by atomic mass is 16.4. The molecule has 2 heterocycles. The lowest BCUT2D eigenvalue weighted by Gasteiger charge is -2.16. The van der Waals surface area contributed by atoms with Crippen molar-refractivity contribution in [3.63, 3.8) is 0 Å². The molecule has 0 bridgehead atoms. The second-order valence-corrected chi connectivity index (χ2v) is 6.25. The van der Waals surface area contributed by atoms with E-state index in [0.717, 1.165) is 29.1 Å². The molecular formula is C19H23N4O3+. The summed E-state index contributed by atoms with van der Waals surface area (Å²) in [6.07, 6.45) is 2.51. The number of aromatic nitrogens is 2. The maximum absolute atomic E-state index is 12.4. The quantitative estimate of drug-likeness (QED) is 0.646. The highest BCUT2D eigenvalue weighted by Crippen LogP contribution is 2.17. The molecule has 0 saturated carbocycles. The molecule has 0 aliphatic carbocycles. The van der Waals surface area contributed by atoms with Crippen LogP contribution in [0, 0.1) is 6.92 Å². The number of nitrogens with zero attached hydrogens (tertiary/aromatic N) is 2. The third kappa shape index (κ3) is 4.80. The zero-order chi connectivity index (χ0) is 18.4. The van der Waals surface area contributed by atoms with Gasteiger partial charge in [-0.05, 0) is 43.2 Å². The fourth-order valence-corrected chi connectivity index (χ4v) is 2.79. The van der Waals surface area contributed by atoms with Crippen LogP contribution in [-0.2, 0) is 11.3 Å². The molecule has 136 valence electrons. The maximum Gasteiger partial charge on any atom is 0.283 e. The molecule has 0 radical (unpaired) electrons. The Morgan fingerprint density at radius 2 is 2.12 bits per heavy atom. The number of rotatable bonds is 8. The highest BCUT2D eigenvalue weighted by molar-refractivity contribution is 5.91. The Labute approximate surface area is 152 Å². The summed E-state index contributed by atoms with van der Waals surface area (Å²) in [5, 5.41) is 11.0. The van der Waals surface area contributed by atoms with Crippen LogP contribution in [0.25, 0.3) is 11.7 Å². The molecule has 3 rings (SSSR count). The molecule has 0 aliphatic heterocycles. The summed E-state index contributed by atoms with van der Waals surface area (Å²) < 4.78 is 10.9. The number of hydrogen-bond acceptors (Lipinski definition) is 5. The van der Waals surface area contributed by atoms with Gasteiger partial charge in [-0.2, -0.15) is 0 Å². The van der Waals surface area contributed by atoms with Crippen molar-refractivity contribution in [3.05, 3.63) is 54.1 Å². The van der Waals surface area contributed by atoms with E-state index in [1.165, 1.54) is 0 Å². The van der Waals surface area contributed by atoms with Crippen molar-refractivity contribution < 1.29 is 18.5 Å². The second-order valence-electron chi connectivity index (χ2n) is 6.25. The van der Waals surface area contributed by atoms with Gasteiger partial charge in [0.1, 0.15) is 0 Å². The smallest absolute Gasteiger partial charge is 0.283 e. The van der Waals surface area contributed by atoms with Crippen LogP contribution in [0.1, 0.15) is 24.8 Å². The lowest BCUT2D eigenvalue weighted by molar-refractivity contribution is -0.907. The van der Waals surface area contributed by atoms with Gasteiger partial charge < -0.3 is 19.1 Å². The van der Waals surface area contributed by atoms with Gasteiger partial charge >= 0.3 is 0 Å². The van der Waals surface area contributed by atoms with E-state index in [1.54, 1.807) is 18.4 Å². The molecule has 7 heteroatoms. The van der Waals surface area contributed by atoms with Gasteiger partial charge in [0.2, 0.25) is 0 Å². The van der Waals surface area contributed by atoms with Gasteiger partial charge in [0, 0.05) is 5.69 Å². The first-order valence-corrected chi connectivity index (χ1v) is 8.70. The average molecular weight is 355 g/mol. The van der Waals surface area contributed by atoms with E-state index in [2.05, 4.69) is 22.4 Å². The Morgan fingerprint density at radius 3 is 2.85 bits per heavy atom. The molecule has 0 spiro atoms. The Hall–Kier alpha value is -2.93. The van der Waals surface area contributed by atoms with Crippen LogP contribution in [0.4, 0.5) is 5.69 Å². The first-order valence-electron chi connectivity index (χ1n) is 8.70. The van der Waals surface area contributed by atoms with Crippen molar-refractivity contribution in [2.24, 2.45) is 0 Å². The topological polar surface area (TPSA) is 85.6 Å². The van der Waals surface area contributed by atoms with Crippen molar-refractivity contribution in [3.8, 4) is 11.7 Å². The fraction of sp³-hybridized carbons (Fsp3) is 0.316. The molecular weight excluding hydrogens is 332 g/mol. The lowest BCUT2D eigenvalue weighted by atomic mass is 10.2. The van der Waals surface area contributed by atoms with Crippen molar-refractivity contribution in [1.29, 1.82) is 0 Å². The number of quaternary nitrogens is 1. The van der Waals surface area contributed by atoms with Crippen LogP contribution < -0.4 is 10.2 Å². The Bertz CT molecular complexity index is 842. The van der Waals surface area contributed by atoms with E-state index < -0.39 is 0 Å². The van der Waals surface area contributed by atoms with Crippen LogP contribution in [0.5, 0.6) is 0 Å². The van der Waals surface area contributed by atoms with Crippen molar-refractivity contribution >= 4 is 11.6 Å². The predicted octanol–water partition coefficient (Wildman–Crippen LogP) is 2.07. The van der Waals surface area contributed by atoms with Crippen molar-refractivity contribution in [2.45, 2.75) is 26.8 Å². The summed E-state index contributed by atoms with van der Waals surface area (Å²) in [4.78, 5) is 13.4. The van der Waals surface area contributed by atoms with E-state index in [1.807, 2.05) is 31.2 Å². The van der Waals surface area contributed by atoms with E-state index >= 15 is 0 Å². The molecule has 2 N–H and O–H groups in total. The van der Waals surface area contributed by atoms with Crippen LogP contribution in [0.15, 0.2) is 51.5 Å². The van der Waals surface area contributed by atoms with Gasteiger partial charge in [-0.3, -0.25) is 4.79 Å². The Morgan fingerprint density at radius 1 is 1.23 bits per heavy atom. The van der Waals surface area contributed by atoms with Crippen LogP contribution in [0.3, 0.4) is 0 Å². The lowest BCUT2D eigenvalue weighted by Crippen LogP contribution is -3.11. The largest absolute Gasteiger partial charge is 0.459 e. The minimum atomic E-state index is -0.0372. The van der Waals surface area contributed by atoms with Gasteiger partial charge in [0.05, 0.1) is 12.8 Å². The summed E-state index contributed by atoms with van der Waals surface area (Å²) in [7, 11) is 0. The number of aryl methyl sites for hydroxylation is 1. The second kappa shape index (κ2) is 8.44. The van der Waals surface area contributed by atoms with Crippen LogP contribution >= 0.6 is 0 Å². The minimum absolute atomic E-state index is 0.0372. The fourth-order valence-electron chi connectivity index (χ4n) is 2.79. The molecule has 7 nitrogen and oxygen atoms in total. The van der Waals surface area contributed by atoms with Crippen molar-refractivity contribution in [1.82, 2.24) is 10.2 Å². The van der Waals surface area contributed by atoms with E-state index in [0.29, 0.717) is 30.6 Å². The monoisotopic (exact) mass is 355 g/mol. The predicted molar refractivity (Wildman–Crippen MR) is 96.5 cm³/mol. The number of furan rings is 1. The molecule has 1 amide bonds. The summed E-state index contributed by atoms with van der Waals surface area (Å²) in [5.74, 6) is 1.34. The minimum Gasteiger partial charge on any atom is -0.459 e. The number of carbonyl (C=O) groups is 1. The van der Waals surface area contributed by atoms with Gasteiger partial charge in [-0.25, -0.2) is 0 Å². The van der Waals surface area contributed by atoms with Gasteiger partial charge in [0.25, 0.3) is 17.7 Å². The normalized spacial score (nSPS) is 12.1. The molecule has 1 unspecified atom stereocenters. The summed E-state index contributed by atoms with van der Waals surface area (Å²) in [6.45, 7) is 5.74. The number of anilines is 1. The highest BCUT2D eigenvalue weighted by Gasteiger charge is 2.19. The maximum atomic E-state index is 12.4. The number of carbonyl (C=O) groups excluding carboxylic acids is 1. The molecule has 0 saturated heterocycles. The van der Waals surface area contributed by atoms with Gasteiger partial charge in [0.15, 0.2) is 18.8 Å². The first kappa shape index (κ1) is 17.9. The molecule has 26 heavy (non-hydrogen) atoms. The number of hydrogen-bond donors (Lipinski definition) is 2. The average Bonchev–Trinajstić information content (AvgIpc) is 3.26. The van der Waals surface area contributed by atoms with E-state index in [-0.39, 0.29) is 5.91 Å². The zero-order valence-corrected chi connectivity index (χ0v) is 15.0. The summed E-state index contributed by atoms with van der Waals surface area (Å²) >= 11 is 0. The summed E-state index contributed by atoms with van der Waals surface area (Å²) in [6, 6.07) is 11.3. The third-order valence-corrected chi connectivity index (χ3v) is 3.92. The Kier molecular flexibility index (Phi) is 5.80. The molecule has 3 aromatic rings. The Balaban J connectivity index is 1.61. The number of amides is 1. The number of benzene rings is 1. The third-order valence-electron chi connectivity index (χ3n) is 3.92. The molecule has 1 aromatic carbocycles. The van der Waals surface area contributed by atoms with Gasteiger partial charge in [-0.15, -0.1) is 10.2 Å².